The van der Waals surface area contributed by atoms with Gasteiger partial charge in [0.1, 0.15) is 0 Å². The number of nitrogens with zero attached hydrogens (tertiary/aromatic N) is 5. The zero-order chi connectivity index (χ0) is 40.0. The number of likely N-dealkylation sites (N-methyl/N-ethyl adjacent to an activating group) is 1. The highest BCUT2D eigenvalue weighted by molar-refractivity contribution is 5.84. The summed E-state index contributed by atoms with van der Waals surface area (Å²) in [5.74, 6) is -1.18. The van der Waals surface area contributed by atoms with Crippen molar-refractivity contribution in [2.45, 2.75) is 128 Å². The van der Waals surface area contributed by atoms with Gasteiger partial charge in [-0.3, -0.25) is 24.5 Å². The van der Waals surface area contributed by atoms with E-state index < -0.39 is 35.7 Å². The number of nitrogens with one attached hydrogen (secondary N) is 3. The van der Waals surface area contributed by atoms with Gasteiger partial charge in [0.05, 0.1) is 54.6 Å². The van der Waals surface area contributed by atoms with Crippen LogP contribution in [0.4, 0.5) is 0 Å². The SMILES string of the molecule is CC[C@H](C)[C@@H]([C@@H](CC(=O)N1CCC[C@H]1[C@H](OC)[C@@H](C)C(=O)N[C@@H](Cc1ccccc1)c1nn[nH]n1)OC)N(C)C(=O)[C@@H](C(C)C)C12CCC(C1)C(C(N)=O)N2. The molecule has 4 amide bonds. The van der Waals surface area contributed by atoms with Crippen molar-refractivity contribution >= 4 is 23.6 Å². The summed E-state index contributed by atoms with van der Waals surface area (Å²) in [6, 6.07) is 8.11. The minimum atomic E-state index is -0.607. The molecule has 1 aliphatic carbocycles. The maximum Gasteiger partial charge on any atom is 0.234 e. The van der Waals surface area contributed by atoms with Crippen LogP contribution in [0.15, 0.2) is 30.3 Å². The first kappa shape index (κ1) is 42.2. The third-order valence-corrected chi connectivity index (χ3v) is 12.9. The van der Waals surface area contributed by atoms with Gasteiger partial charge in [0.25, 0.3) is 0 Å². The van der Waals surface area contributed by atoms with Crippen molar-refractivity contribution in [2.75, 3.05) is 27.8 Å². The van der Waals surface area contributed by atoms with Crippen LogP contribution in [-0.2, 0) is 35.1 Å². The number of likely N-dealkylation sites (tertiary alicyclic amines) is 1. The predicted molar refractivity (Wildman–Crippen MR) is 206 cm³/mol. The van der Waals surface area contributed by atoms with Crippen molar-refractivity contribution < 1.29 is 28.7 Å². The molecule has 3 heterocycles. The molecule has 11 atom stereocenters. The largest absolute Gasteiger partial charge is 0.379 e. The van der Waals surface area contributed by atoms with Crippen molar-refractivity contribution in [3.8, 4) is 0 Å². The van der Waals surface area contributed by atoms with Crippen LogP contribution >= 0.6 is 0 Å². The molecule has 304 valence electrons. The first-order valence-corrected chi connectivity index (χ1v) is 20.0. The second-order valence-electron chi connectivity index (χ2n) is 16.5. The fraction of sp³-hybridized carbons (Fsp3) is 0.725. The number of hydrogen-bond donors (Lipinski definition) is 4. The lowest BCUT2D eigenvalue weighted by Crippen LogP contribution is -2.61. The van der Waals surface area contributed by atoms with E-state index in [4.69, 9.17) is 15.2 Å². The van der Waals surface area contributed by atoms with Gasteiger partial charge in [-0.1, -0.05) is 76.6 Å². The van der Waals surface area contributed by atoms with Gasteiger partial charge < -0.3 is 30.3 Å². The predicted octanol–water partition coefficient (Wildman–Crippen LogP) is 2.79. The smallest absolute Gasteiger partial charge is 0.234 e. The average molecular weight is 766 g/mol. The van der Waals surface area contributed by atoms with E-state index in [9.17, 15) is 19.2 Å². The zero-order valence-electron chi connectivity index (χ0n) is 33.9. The van der Waals surface area contributed by atoms with Gasteiger partial charge in [0.2, 0.25) is 23.6 Å². The molecule has 2 aliphatic heterocycles. The Morgan fingerprint density at radius 2 is 1.82 bits per heavy atom. The first-order valence-electron chi connectivity index (χ1n) is 20.0. The maximum absolute atomic E-state index is 14.7. The molecule has 0 radical (unpaired) electrons. The Morgan fingerprint density at radius 3 is 2.40 bits per heavy atom. The number of rotatable bonds is 19. The number of methoxy groups -OCH3 is 2. The third kappa shape index (κ3) is 9.04. The number of aromatic nitrogens is 4. The number of ether oxygens (including phenoxy) is 2. The Morgan fingerprint density at radius 1 is 1.09 bits per heavy atom. The van der Waals surface area contributed by atoms with Crippen LogP contribution in [0.25, 0.3) is 0 Å². The lowest BCUT2D eigenvalue weighted by Gasteiger charge is -2.45. The normalized spacial score (nSPS) is 25.9. The van der Waals surface area contributed by atoms with Crippen molar-refractivity contribution in [3.05, 3.63) is 41.7 Å². The highest BCUT2D eigenvalue weighted by Gasteiger charge is 2.59. The van der Waals surface area contributed by atoms with E-state index in [0.717, 1.165) is 37.7 Å². The number of piperidine rings is 1. The van der Waals surface area contributed by atoms with Crippen LogP contribution < -0.4 is 16.4 Å². The van der Waals surface area contributed by atoms with Crippen molar-refractivity contribution in [3.63, 3.8) is 0 Å². The third-order valence-electron chi connectivity index (χ3n) is 12.9. The van der Waals surface area contributed by atoms with E-state index in [2.05, 4.69) is 59.0 Å². The highest BCUT2D eigenvalue weighted by atomic mass is 16.5. The van der Waals surface area contributed by atoms with Gasteiger partial charge in [-0.25, -0.2) is 0 Å². The summed E-state index contributed by atoms with van der Waals surface area (Å²) in [5.41, 5.74) is 6.27. The Bertz CT molecular complexity index is 1590. The van der Waals surface area contributed by atoms with Crippen LogP contribution in [0.3, 0.4) is 0 Å². The summed E-state index contributed by atoms with van der Waals surface area (Å²) in [7, 11) is 5.01. The standard InChI is InChI=1S/C40H63N9O6/c1-9-24(4)34(48(6)39(53)32(23(2)3)40-18-17-27(22-40)33(43-40)36(41)51)30(54-7)21-31(50)49-19-13-16-29(49)35(55-8)25(5)38(52)42-28(37-44-46-47-45-37)20-26-14-11-10-12-15-26/h10-12,14-15,23-25,27-30,32-35,43H,9,13,16-22H2,1-8H3,(H2,41,51)(H,42,52)(H,44,45,46,47)/t24-,25+,27?,28-,29-,30+,32+,33?,34-,35+,40?/m0/s1. The Kier molecular flexibility index (Phi) is 14.1. The van der Waals surface area contributed by atoms with Crippen molar-refractivity contribution in [1.82, 2.24) is 41.1 Å². The molecule has 3 aliphatic rings. The molecule has 5 rings (SSSR count). The molecular formula is C40H63N9O6. The van der Waals surface area contributed by atoms with Gasteiger partial charge in [-0.05, 0) is 55.4 Å². The van der Waals surface area contributed by atoms with Crippen LogP contribution in [0.1, 0.15) is 97.0 Å². The topological polar surface area (TPSA) is 198 Å². The molecule has 5 N–H and O–H groups in total. The molecule has 2 saturated heterocycles. The molecule has 1 saturated carbocycles. The molecule has 2 aromatic rings. The lowest BCUT2D eigenvalue weighted by molar-refractivity contribution is -0.150. The minimum absolute atomic E-state index is 0.00407. The van der Waals surface area contributed by atoms with E-state index in [1.54, 1.807) is 14.2 Å². The molecule has 15 heteroatoms. The average Bonchev–Trinajstić information content (AvgIpc) is 4.00. The first-order chi connectivity index (χ1) is 26.3. The lowest BCUT2D eigenvalue weighted by atomic mass is 9.74. The summed E-state index contributed by atoms with van der Waals surface area (Å²) in [6.07, 6.45) is 4.02. The van der Waals surface area contributed by atoms with E-state index in [1.165, 1.54) is 0 Å². The van der Waals surface area contributed by atoms with Crippen LogP contribution in [0.2, 0.25) is 0 Å². The molecule has 3 unspecified atom stereocenters. The van der Waals surface area contributed by atoms with Crippen molar-refractivity contribution in [2.24, 2.45) is 35.3 Å². The summed E-state index contributed by atoms with van der Waals surface area (Å²) in [6.45, 7) is 10.6. The van der Waals surface area contributed by atoms with Crippen LogP contribution in [0.5, 0.6) is 0 Å². The number of primary amides is 1. The quantitative estimate of drug-likeness (QED) is 0.165. The fourth-order valence-electron chi connectivity index (χ4n) is 10.00. The van der Waals surface area contributed by atoms with Gasteiger partial charge in [-0.15, -0.1) is 10.2 Å². The number of carbonyl (C=O) groups is 4. The van der Waals surface area contributed by atoms with Crippen LogP contribution in [-0.4, -0.2) is 118 Å². The van der Waals surface area contributed by atoms with E-state index >= 15 is 0 Å². The molecule has 3 fully saturated rings. The van der Waals surface area contributed by atoms with Crippen LogP contribution in [0, 0.1) is 29.6 Å². The van der Waals surface area contributed by atoms with Gasteiger partial charge >= 0.3 is 0 Å². The summed E-state index contributed by atoms with van der Waals surface area (Å²) in [4.78, 5) is 58.8. The summed E-state index contributed by atoms with van der Waals surface area (Å²) < 4.78 is 12.1. The van der Waals surface area contributed by atoms with E-state index in [-0.39, 0.29) is 65.8 Å². The number of tetrazole rings is 1. The molecule has 55 heavy (non-hydrogen) atoms. The second-order valence-corrected chi connectivity index (χ2v) is 16.5. The Hall–Kier alpha value is -3.95. The number of amides is 4. The number of aromatic amines is 1. The summed E-state index contributed by atoms with van der Waals surface area (Å²) in [5, 5.41) is 21.1. The molecule has 1 aromatic carbocycles. The number of carbonyl (C=O) groups excluding carboxylic acids is 4. The number of nitrogens with two attached hydrogens (primary N) is 1. The highest BCUT2D eigenvalue weighted by Crippen LogP contribution is 2.50. The van der Waals surface area contributed by atoms with Gasteiger partial charge in [0, 0.05) is 39.8 Å². The Labute approximate surface area is 325 Å². The summed E-state index contributed by atoms with van der Waals surface area (Å²) >= 11 is 0. The molecule has 2 bridgehead atoms. The Balaban J connectivity index is 1.30. The van der Waals surface area contributed by atoms with E-state index in [1.807, 2.05) is 54.1 Å². The molecule has 15 nitrogen and oxygen atoms in total. The molecular weight excluding hydrogens is 702 g/mol. The monoisotopic (exact) mass is 765 g/mol. The molecule has 0 spiro atoms. The number of H-pyrrole nitrogens is 1. The van der Waals surface area contributed by atoms with E-state index in [0.29, 0.717) is 25.2 Å². The number of hydrogen-bond acceptors (Lipinski definition) is 10. The van der Waals surface area contributed by atoms with Crippen molar-refractivity contribution in [1.29, 1.82) is 0 Å². The second kappa shape index (κ2) is 18.3. The number of benzene rings is 1. The minimum Gasteiger partial charge on any atom is -0.379 e. The number of fused-ring (bicyclic) bond motifs is 2. The zero-order valence-corrected chi connectivity index (χ0v) is 33.9. The van der Waals surface area contributed by atoms with Gasteiger partial charge in [-0.2, -0.15) is 5.21 Å². The maximum atomic E-state index is 14.7. The fourth-order valence-corrected chi connectivity index (χ4v) is 10.00. The van der Waals surface area contributed by atoms with Gasteiger partial charge in [0.15, 0.2) is 5.82 Å². The molecule has 1 aromatic heterocycles.